The largest absolute Gasteiger partial charge is 0.361 e. The van der Waals surface area contributed by atoms with Crippen molar-refractivity contribution in [3.8, 4) is 0 Å². The van der Waals surface area contributed by atoms with Crippen molar-refractivity contribution in [2.24, 2.45) is 0 Å². The molecule has 0 aliphatic rings. The molecule has 0 aliphatic carbocycles. The van der Waals surface area contributed by atoms with Crippen LogP contribution in [0.3, 0.4) is 0 Å². The number of amides is 2. The van der Waals surface area contributed by atoms with Gasteiger partial charge in [-0.05, 0) is 30.2 Å². The smallest absolute Gasteiger partial charge is 0.261 e. The molecule has 2 heterocycles. The van der Waals surface area contributed by atoms with Crippen molar-refractivity contribution >= 4 is 33.6 Å². The Kier molecular flexibility index (Phi) is 6.07. The Morgan fingerprint density at radius 3 is 2.61 bits per heavy atom. The maximum Gasteiger partial charge on any atom is 0.261 e. The molecule has 4 aromatic rings. The zero-order valence-electron chi connectivity index (χ0n) is 16.9. The molecule has 0 bridgehead atoms. The van der Waals surface area contributed by atoms with Crippen molar-refractivity contribution in [3.05, 3.63) is 77.0 Å². The first-order valence-corrected chi connectivity index (χ1v) is 10.1. The van der Waals surface area contributed by atoms with Gasteiger partial charge in [-0.25, -0.2) is 4.98 Å². The Morgan fingerprint density at radius 2 is 1.74 bits per heavy atom. The molecule has 8 heteroatoms. The molecule has 0 atom stereocenters. The van der Waals surface area contributed by atoms with Crippen LogP contribution >= 0.6 is 0 Å². The summed E-state index contributed by atoms with van der Waals surface area (Å²) in [5.41, 5.74) is 2.64. The Balaban J connectivity index is 1.20. The third-order valence-corrected chi connectivity index (χ3v) is 5.15. The second-order valence-corrected chi connectivity index (χ2v) is 7.25. The zero-order chi connectivity index (χ0) is 21.6. The van der Waals surface area contributed by atoms with Gasteiger partial charge < -0.3 is 15.6 Å². The van der Waals surface area contributed by atoms with Crippen molar-refractivity contribution < 1.29 is 9.59 Å². The van der Waals surface area contributed by atoms with Crippen molar-refractivity contribution in [2.75, 3.05) is 13.1 Å². The first kappa shape index (κ1) is 20.3. The standard InChI is InChI=1S/C23H23N5O3/c29-21(10-12-28-15-27-20-8-4-2-6-18(20)23(28)31)26-14-22(30)24-11-9-16-13-25-19-7-3-1-5-17(16)19/h1-8,13,15,25H,9-12,14H2,(H,24,30)(H,26,29). The van der Waals surface area contributed by atoms with Crippen LogP contribution in [0.1, 0.15) is 12.0 Å². The summed E-state index contributed by atoms with van der Waals surface area (Å²) in [6, 6.07) is 15.1. The van der Waals surface area contributed by atoms with Gasteiger partial charge in [-0.2, -0.15) is 0 Å². The van der Waals surface area contributed by atoms with Crippen molar-refractivity contribution in [1.29, 1.82) is 0 Å². The van der Waals surface area contributed by atoms with Crippen LogP contribution in [0.4, 0.5) is 0 Å². The molecule has 2 aromatic heterocycles. The van der Waals surface area contributed by atoms with Gasteiger partial charge in [0.2, 0.25) is 11.8 Å². The Bertz CT molecular complexity index is 1290. The van der Waals surface area contributed by atoms with E-state index in [2.05, 4.69) is 20.6 Å². The van der Waals surface area contributed by atoms with Gasteiger partial charge in [-0.3, -0.25) is 19.0 Å². The Labute approximate surface area is 178 Å². The molecule has 0 fully saturated rings. The number of rotatable bonds is 8. The number of nitrogens with one attached hydrogen (secondary N) is 3. The van der Waals surface area contributed by atoms with Gasteiger partial charge in [-0.1, -0.05) is 30.3 Å². The van der Waals surface area contributed by atoms with E-state index in [9.17, 15) is 14.4 Å². The number of aromatic nitrogens is 3. The van der Waals surface area contributed by atoms with E-state index in [0.717, 1.165) is 16.5 Å². The van der Waals surface area contributed by atoms with Crippen molar-refractivity contribution in [1.82, 2.24) is 25.2 Å². The number of nitrogens with zero attached hydrogens (tertiary/aromatic N) is 2. The van der Waals surface area contributed by atoms with Crippen LogP contribution in [-0.2, 0) is 22.6 Å². The molecule has 0 spiro atoms. The van der Waals surface area contributed by atoms with Crippen LogP contribution in [0, 0.1) is 0 Å². The SMILES string of the molecule is O=C(CCn1cnc2ccccc2c1=O)NCC(=O)NCCc1c[nH]c2ccccc12. The van der Waals surface area contributed by atoms with Crippen molar-refractivity contribution in [2.45, 2.75) is 19.4 Å². The molecule has 0 unspecified atom stereocenters. The number of benzene rings is 2. The number of H-pyrrole nitrogens is 1. The number of aromatic amines is 1. The third kappa shape index (κ3) is 4.80. The normalized spacial score (nSPS) is 11.0. The van der Waals surface area contributed by atoms with E-state index >= 15 is 0 Å². The lowest BCUT2D eigenvalue weighted by Crippen LogP contribution is -2.38. The lowest BCUT2D eigenvalue weighted by molar-refractivity contribution is -0.126. The van der Waals surface area contributed by atoms with E-state index in [1.54, 1.807) is 18.2 Å². The van der Waals surface area contributed by atoms with Gasteiger partial charge in [-0.15, -0.1) is 0 Å². The highest BCUT2D eigenvalue weighted by Gasteiger charge is 2.09. The Hall–Kier alpha value is -3.94. The molecule has 8 nitrogen and oxygen atoms in total. The lowest BCUT2D eigenvalue weighted by Gasteiger charge is -2.08. The predicted octanol–water partition coefficient (Wildman–Crippen LogP) is 1.74. The first-order chi connectivity index (χ1) is 15.1. The quantitative estimate of drug-likeness (QED) is 0.406. The van der Waals surface area contributed by atoms with Gasteiger partial charge in [0, 0.05) is 36.6 Å². The molecule has 2 aromatic carbocycles. The number of hydrogen-bond donors (Lipinski definition) is 3. The summed E-state index contributed by atoms with van der Waals surface area (Å²) in [5.74, 6) is -0.551. The summed E-state index contributed by atoms with van der Waals surface area (Å²) < 4.78 is 1.41. The average molecular weight is 417 g/mol. The number of hydrogen-bond acceptors (Lipinski definition) is 4. The molecule has 0 saturated carbocycles. The number of carbonyl (C=O) groups is 2. The van der Waals surface area contributed by atoms with Crippen LogP contribution in [0.2, 0.25) is 0 Å². The Morgan fingerprint density at radius 1 is 0.968 bits per heavy atom. The van der Waals surface area contributed by atoms with Gasteiger partial charge in [0.25, 0.3) is 5.56 Å². The van der Waals surface area contributed by atoms with E-state index in [0.29, 0.717) is 23.9 Å². The first-order valence-electron chi connectivity index (χ1n) is 10.1. The van der Waals surface area contributed by atoms with E-state index in [4.69, 9.17) is 0 Å². The molecule has 31 heavy (non-hydrogen) atoms. The summed E-state index contributed by atoms with van der Waals surface area (Å²) in [7, 11) is 0. The van der Waals surface area contributed by atoms with Gasteiger partial charge >= 0.3 is 0 Å². The fourth-order valence-corrected chi connectivity index (χ4v) is 3.49. The minimum atomic E-state index is -0.299. The highest BCUT2D eigenvalue weighted by atomic mass is 16.2. The summed E-state index contributed by atoms with van der Waals surface area (Å²) in [4.78, 5) is 44.0. The minimum absolute atomic E-state index is 0.0859. The second kappa shape index (κ2) is 9.25. The van der Waals surface area contributed by atoms with Gasteiger partial charge in [0.15, 0.2) is 0 Å². The zero-order valence-corrected chi connectivity index (χ0v) is 16.9. The molecule has 3 N–H and O–H groups in total. The molecule has 0 radical (unpaired) electrons. The van der Waals surface area contributed by atoms with E-state index < -0.39 is 0 Å². The van der Waals surface area contributed by atoms with Crippen LogP contribution < -0.4 is 16.2 Å². The maximum atomic E-state index is 12.4. The van der Waals surface area contributed by atoms with Crippen LogP contribution in [0.5, 0.6) is 0 Å². The summed E-state index contributed by atoms with van der Waals surface area (Å²) in [5, 5.41) is 7.06. The molecule has 2 amide bonds. The van der Waals surface area contributed by atoms with Crippen LogP contribution in [0.15, 0.2) is 65.8 Å². The molecular formula is C23H23N5O3. The van der Waals surface area contributed by atoms with Crippen LogP contribution in [0.25, 0.3) is 21.8 Å². The monoisotopic (exact) mass is 417 g/mol. The van der Waals surface area contributed by atoms with Crippen molar-refractivity contribution in [3.63, 3.8) is 0 Å². The van der Waals surface area contributed by atoms with E-state index in [-0.39, 0.29) is 36.9 Å². The van der Waals surface area contributed by atoms with E-state index in [1.807, 2.05) is 36.5 Å². The highest BCUT2D eigenvalue weighted by molar-refractivity contribution is 5.85. The topological polar surface area (TPSA) is 109 Å². The van der Waals surface area contributed by atoms with E-state index in [1.165, 1.54) is 10.9 Å². The summed E-state index contributed by atoms with van der Waals surface area (Å²) in [6.07, 6.45) is 4.17. The molecule has 4 rings (SSSR count). The summed E-state index contributed by atoms with van der Waals surface area (Å²) in [6.45, 7) is 0.580. The molecule has 0 saturated heterocycles. The molecule has 158 valence electrons. The maximum absolute atomic E-state index is 12.4. The average Bonchev–Trinajstić information content (AvgIpc) is 3.20. The number of para-hydroxylation sites is 2. The molecular weight excluding hydrogens is 394 g/mol. The highest BCUT2D eigenvalue weighted by Crippen LogP contribution is 2.17. The fourth-order valence-electron chi connectivity index (χ4n) is 3.49. The number of carbonyl (C=O) groups excluding carboxylic acids is 2. The van der Waals surface area contributed by atoms with Crippen LogP contribution in [-0.4, -0.2) is 39.4 Å². The van der Waals surface area contributed by atoms with Gasteiger partial charge in [0.1, 0.15) is 0 Å². The fraction of sp³-hybridized carbons (Fsp3) is 0.217. The number of fused-ring (bicyclic) bond motifs is 2. The third-order valence-electron chi connectivity index (χ3n) is 5.15. The second-order valence-electron chi connectivity index (χ2n) is 7.25. The molecule has 0 aliphatic heterocycles. The minimum Gasteiger partial charge on any atom is -0.361 e. The number of aryl methyl sites for hydroxylation is 1. The lowest BCUT2D eigenvalue weighted by atomic mass is 10.1. The predicted molar refractivity (Wildman–Crippen MR) is 119 cm³/mol. The van der Waals surface area contributed by atoms with Gasteiger partial charge in [0.05, 0.1) is 23.8 Å². The summed E-state index contributed by atoms with van der Waals surface area (Å²) >= 11 is 0.